The molecule has 2 aromatic rings. The first kappa shape index (κ1) is 15.3. The van der Waals surface area contributed by atoms with Crippen LogP contribution in [0.1, 0.15) is 5.56 Å². The highest BCUT2D eigenvalue weighted by molar-refractivity contribution is 6.05. The molecule has 4 rings (SSSR count). The SMILES string of the molecule is O=C(Nc1ccc(F)cc1)C1N=C2C=CC=C(c3ccccc3)N2N1. The van der Waals surface area contributed by atoms with Crippen LogP contribution in [0, 0.1) is 5.82 Å². The van der Waals surface area contributed by atoms with E-state index in [1.54, 1.807) is 5.01 Å². The van der Waals surface area contributed by atoms with E-state index in [-0.39, 0.29) is 11.7 Å². The first-order valence-electron chi connectivity index (χ1n) is 7.85. The highest BCUT2D eigenvalue weighted by atomic mass is 19.1. The van der Waals surface area contributed by atoms with Crippen molar-refractivity contribution in [2.24, 2.45) is 4.99 Å². The number of amides is 1. The highest BCUT2D eigenvalue weighted by Gasteiger charge is 2.31. The Hall–Kier alpha value is -3.25. The van der Waals surface area contributed by atoms with Gasteiger partial charge in [-0.05, 0) is 42.0 Å². The van der Waals surface area contributed by atoms with E-state index in [1.165, 1.54) is 24.3 Å². The summed E-state index contributed by atoms with van der Waals surface area (Å²) in [6.07, 6.45) is 4.95. The first-order valence-corrected chi connectivity index (χ1v) is 7.85. The molecule has 25 heavy (non-hydrogen) atoms. The molecule has 2 heterocycles. The summed E-state index contributed by atoms with van der Waals surface area (Å²) in [4.78, 5) is 16.9. The molecule has 0 fully saturated rings. The number of benzene rings is 2. The van der Waals surface area contributed by atoms with Gasteiger partial charge in [0.15, 0.2) is 6.17 Å². The van der Waals surface area contributed by atoms with Crippen molar-refractivity contribution in [3.63, 3.8) is 0 Å². The van der Waals surface area contributed by atoms with Crippen LogP contribution >= 0.6 is 0 Å². The van der Waals surface area contributed by atoms with E-state index in [4.69, 9.17) is 0 Å². The van der Waals surface area contributed by atoms with Crippen molar-refractivity contribution < 1.29 is 9.18 Å². The number of nitrogens with one attached hydrogen (secondary N) is 2. The number of aliphatic imine (C=N–C) groups is 1. The molecule has 2 aromatic carbocycles. The van der Waals surface area contributed by atoms with Crippen LogP contribution in [0.25, 0.3) is 5.70 Å². The number of fused-ring (bicyclic) bond motifs is 1. The number of amidine groups is 1. The lowest BCUT2D eigenvalue weighted by molar-refractivity contribution is -0.118. The van der Waals surface area contributed by atoms with Gasteiger partial charge in [0.2, 0.25) is 0 Å². The molecule has 0 aromatic heterocycles. The van der Waals surface area contributed by atoms with Gasteiger partial charge in [0.25, 0.3) is 5.91 Å². The van der Waals surface area contributed by atoms with Gasteiger partial charge in [0, 0.05) is 5.69 Å². The number of carbonyl (C=O) groups excluding carboxylic acids is 1. The molecule has 6 heteroatoms. The molecule has 0 radical (unpaired) electrons. The minimum absolute atomic E-state index is 0.311. The number of rotatable bonds is 3. The third-order valence-electron chi connectivity index (χ3n) is 3.91. The summed E-state index contributed by atoms with van der Waals surface area (Å²) < 4.78 is 13.0. The predicted octanol–water partition coefficient (Wildman–Crippen LogP) is 2.92. The zero-order valence-electron chi connectivity index (χ0n) is 13.2. The van der Waals surface area contributed by atoms with Crippen molar-refractivity contribution >= 4 is 23.1 Å². The topological polar surface area (TPSA) is 56.7 Å². The minimum atomic E-state index is -0.755. The van der Waals surface area contributed by atoms with Gasteiger partial charge >= 0.3 is 0 Å². The quantitative estimate of drug-likeness (QED) is 0.907. The third-order valence-corrected chi connectivity index (χ3v) is 3.91. The van der Waals surface area contributed by atoms with Crippen molar-refractivity contribution in [3.05, 3.63) is 84.2 Å². The second-order valence-corrected chi connectivity index (χ2v) is 5.63. The molecule has 0 bridgehead atoms. The van der Waals surface area contributed by atoms with Gasteiger partial charge in [-0.3, -0.25) is 9.80 Å². The van der Waals surface area contributed by atoms with Crippen LogP contribution in [0.2, 0.25) is 0 Å². The summed E-state index contributed by atoms with van der Waals surface area (Å²) in [5.41, 5.74) is 5.55. The van der Waals surface area contributed by atoms with Crippen LogP contribution in [0.4, 0.5) is 10.1 Å². The molecule has 124 valence electrons. The lowest BCUT2D eigenvalue weighted by Crippen LogP contribution is -2.44. The summed E-state index contributed by atoms with van der Waals surface area (Å²) >= 11 is 0. The van der Waals surface area contributed by atoms with Gasteiger partial charge in [-0.2, -0.15) is 5.43 Å². The van der Waals surface area contributed by atoms with Crippen LogP contribution in [-0.2, 0) is 4.79 Å². The molecule has 2 aliphatic rings. The molecular formula is C19H15FN4O. The summed E-state index contributed by atoms with van der Waals surface area (Å²) in [6.45, 7) is 0. The Morgan fingerprint density at radius 3 is 2.64 bits per heavy atom. The van der Waals surface area contributed by atoms with Crippen molar-refractivity contribution in [1.82, 2.24) is 10.4 Å². The fraction of sp³-hybridized carbons (Fsp3) is 0.0526. The number of halogens is 1. The highest BCUT2D eigenvalue weighted by Crippen LogP contribution is 2.25. The van der Waals surface area contributed by atoms with Crippen LogP contribution in [0.3, 0.4) is 0 Å². The second-order valence-electron chi connectivity index (χ2n) is 5.63. The molecule has 5 nitrogen and oxygen atoms in total. The Morgan fingerprint density at radius 2 is 1.88 bits per heavy atom. The molecule has 0 aliphatic carbocycles. The number of anilines is 1. The second kappa shape index (κ2) is 6.33. The van der Waals surface area contributed by atoms with Crippen LogP contribution in [0.15, 0.2) is 77.8 Å². The van der Waals surface area contributed by atoms with E-state index in [2.05, 4.69) is 15.7 Å². The Kier molecular flexibility index (Phi) is 3.87. The van der Waals surface area contributed by atoms with Gasteiger partial charge in [0.1, 0.15) is 11.7 Å². The Labute approximate surface area is 144 Å². The molecule has 1 amide bonds. The summed E-state index contributed by atoms with van der Waals surface area (Å²) in [7, 11) is 0. The standard InChI is InChI=1S/C19H15FN4O/c20-14-9-11-15(12-10-14)21-19(25)18-22-17-8-4-7-16(24(17)23-18)13-5-2-1-3-6-13/h1-12,18,23H,(H,21,25). The van der Waals surface area contributed by atoms with Crippen LogP contribution < -0.4 is 10.7 Å². The summed E-state index contributed by atoms with van der Waals surface area (Å²) in [5.74, 6) is 0.00655. The number of carbonyl (C=O) groups is 1. The zero-order chi connectivity index (χ0) is 17.2. The fourth-order valence-corrected chi connectivity index (χ4v) is 2.71. The molecule has 0 saturated heterocycles. The normalized spacial score (nSPS) is 18.4. The average Bonchev–Trinajstić information content (AvgIpc) is 3.09. The number of nitrogens with zero attached hydrogens (tertiary/aromatic N) is 2. The average molecular weight is 334 g/mol. The van der Waals surface area contributed by atoms with E-state index >= 15 is 0 Å². The van der Waals surface area contributed by atoms with Crippen LogP contribution in [-0.4, -0.2) is 22.9 Å². The third kappa shape index (κ3) is 3.07. The van der Waals surface area contributed by atoms with E-state index in [0.29, 0.717) is 11.5 Å². The summed E-state index contributed by atoms with van der Waals surface area (Å²) in [5, 5.41) is 4.53. The number of hydrazine groups is 1. The lowest BCUT2D eigenvalue weighted by Gasteiger charge is -2.25. The van der Waals surface area contributed by atoms with Crippen molar-refractivity contribution in [2.75, 3.05) is 5.32 Å². The van der Waals surface area contributed by atoms with E-state index in [0.717, 1.165) is 11.3 Å². The molecule has 0 spiro atoms. The van der Waals surface area contributed by atoms with Gasteiger partial charge in [0.05, 0.1) is 5.70 Å². The largest absolute Gasteiger partial charge is 0.323 e. The van der Waals surface area contributed by atoms with Crippen molar-refractivity contribution in [2.45, 2.75) is 6.17 Å². The van der Waals surface area contributed by atoms with Gasteiger partial charge in [-0.25, -0.2) is 9.38 Å². The van der Waals surface area contributed by atoms with E-state index in [1.807, 2.05) is 48.6 Å². The number of hydrogen-bond acceptors (Lipinski definition) is 4. The van der Waals surface area contributed by atoms with E-state index in [9.17, 15) is 9.18 Å². The van der Waals surface area contributed by atoms with Crippen LogP contribution in [0.5, 0.6) is 0 Å². The maximum absolute atomic E-state index is 13.0. The Bertz CT molecular complexity index is 887. The Balaban J connectivity index is 1.51. The zero-order valence-corrected chi connectivity index (χ0v) is 13.2. The maximum Gasteiger partial charge on any atom is 0.265 e. The summed E-state index contributed by atoms with van der Waals surface area (Å²) in [6, 6.07) is 15.5. The minimum Gasteiger partial charge on any atom is -0.323 e. The number of hydrogen-bond donors (Lipinski definition) is 2. The van der Waals surface area contributed by atoms with Crippen molar-refractivity contribution in [1.29, 1.82) is 0 Å². The fourth-order valence-electron chi connectivity index (χ4n) is 2.71. The smallest absolute Gasteiger partial charge is 0.265 e. The van der Waals surface area contributed by atoms with Gasteiger partial charge in [-0.15, -0.1) is 0 Å². The van der Waals surface area contributed by atoms with Gasteiger partial charge < -0.3 is 5.32 Å². The molecular weight excluding hydrogens is 319 g/mol. The Morgan fingerprint density at radius 1 is 1.12 bits per heavy atom. The van der Waals surface area contributed by atoms with E-state index < -0.39 is 6.17 Å². The molecule has 1 atom stereocenters. The molecule has 0 saturated carbocycles. The lowest BCUT2D eigenvalue weighted by atomic mass is 10.1. The monoisotopic (exact) mass is 334 g/mol. The number of allylic oxidation sites excluding steroid dienone is 2. The maximum atomic E-state index is 13.0. The molecule has 2 N–H and O–H groups in total. The predicted molar refractivity (Wildman–Crippen MR) is 94.8 cm³/mol. The van der Waals surface area contributed by atoms with Crippen molar-refractivity contribution in [3.8, 4) is 0 Å². The molecule has 2 aliphatic heterocycles. The first-order chi connectivity index (χ1) is 12.2. The molecule has 1 unspecified atom stereocenters. The van der Waals surface area contributed by atoms with Gasteiger partial charge in [-0.1, -0.05) is 36.4 Å².